The summed E-state index contributed by atoms with van der Waals surface area (Å²) in [5.41, 5.74) is 6.11. The zero-order valence-electron chi connectivity index (χ0n) is 26.5. The molecule has 0 fully saturated rings. The smallest absolute Gasteiger partial charge is 0.291 e. The van der Waals surface area contributed by atoms with E-state index >= 15 is 0 Å². The number of carbonyl (C=O) groups is 2. The molecule has 0 saturated carbocycles. The predicted octanol–water partition coefficient (Wildman–Crippen LogP) is 5.36. The van der Waals surface area contributed by atoms with Gasteiger partial charge < -0.3 is 34.9 Å². The number of pyridine rings is 1. The molecule has 0 radical (unpaired) electrons. The Labute approximate surface area is 279 Å². The third-order valence-corrected chi connectivity index (χ3v) is 9.19. The Morgan fingerprint density at radius 2 is 1.85 bits per heavy atom. The number of ether oxygens (including phenoxy) is 1. The third kappa shape index (κ3) is 7.27. The van der Waals surface area contributed by atoms with Crippen LogP contribution in [0.5, 0.6) is 5.75 Å². The van der Waals surface area contributed by atoms with Gasteiger partial charge in [0.2, 0.25) is 0 Å². The summed E-state index contributed by atoms with van der Waals surface area (Å²) < 4.78 is 7.57. The molecule has 1 aliphatic rings. The number of hydrogen-bond donors (Lipinski definition) is 3. The van der Waals surface area contributed by atoms with Gasteiger partial charge >= 0.3 is 0 Å². The number of aromatic nitrogens is 3. The van der Waals surface area contributed by atoms with Crippen LogP contribution >= 0.6 is 23.2 Å². The molecular formula is C34H39Cl2N7O3. The summed E-state index contributed by atoms with van der Waals surface area (Å²) in [6, 6.07) is 13.2. The van der Waals surface area contributed by atoms with E-state index in [1.807, 2.05) is 62.1 Å². The van der Waals surface area contributed by atoms with Crippen LogP contribution in [0.15, 0.2) is 48.7 Å². The third-order valence-electron chi connectivity index (χ3n) is 8.37. The summed E-state index contributed by atoms with van der Waals surface area (Å²) in [6.07, 6.45) is 4.84. The van der Waals surface area contributed by atoms with E-state index in [0.717, 1.165) is 48.2 Å². The fourth-order valence-electron chi connectivity index (χ4n) is 5.75. The van der Waals surface area contributed by atoms with Crippen LogP contribution in [0.4, 0.5) is 5.69 Å². The molecule has 0 bridgehead atoms. The molecule has 0 saturated heterocycles. The standard InChI is InChI=1S/C34H39Cl2N7O3/c1-37-22(8-7-15-44)19-38-17-21-18-39-27(16-30(21)46-4)25-11-5-9-23(31(25)35)24-10-6-12-26(32(24)36)41-34(45)33-40-28-20-42(2)14-13-29(28)43(33)3/h5-6,9-12,15-16,18,22,37-38H,7-8,13-14,17,19-20H2,1-4H3,(H,41,45). The van der Waals surface area contributed by atoms with E-state index in [-0.39, 0.29) is 11.9 Å². The molecule has 3 heterocycles. The second-order valence-corrected chi connectivity index (χ2v) is 12.2. The molecule has 46 heavy (non-hydrogen) atoms. The predicted molar refractivity (Wildman–Crippen MR) is 183 cm³/mol. The number of fused-ring (bicyclic) bond motifs is 1. The number of methoxy groups -OCH3 is 1. The van der Waals surface area contributed by atoms with E-state index in [2.05, 4.69) is 25.8 Å². The normalized spacial score (nSPS) is 13.7. The van der Waals surface area contributed by atoms with Gasteiger partial charge in [0, 0.05) is 92.3 Å². The van der Waals surface area contributed by atoms with Crippen LogP contribution in [0.2, 0.25) is 10.0 Å². The summed E-state index contributed by atoms with van der Waals surface area (Å²) in [7, 11) is 7.43. The number of aldehydes is 1. The maximum atomic E-state index is 13.4. The maximum absolute atomic E-state index is 13.4. The first-order chi connectivity index (χ1) is 22.2. The number of amides is 1. The molecule has 242 valence electrons. The van der Waals surface area contributed by atoms with Crippen molar-refractivity contribution in [2.45, 2.75) is 38.4 Å². The van der Waals surface area contributed by atoms with Gasteiger partial charge in [-0.1, -0.05) is 53.5 Å². The van der Waals surface area contributed by atoms with Crippen LogP contribution in [-0.4, -0.2) is 72.0 Å². The van der Waals surface area contributed by atoms with Crippen molar-refractivity contribution in [2.75, 3.05) is 39.6 Å². The van der Waals surface area contributed by atoms with Gasteiger partial charge in [-0.15, -0.1) is 0 Å². The fraction of sp³-hybridized carbons (Fsp3) is 0.353. The van der Waals surface area contributed by atoms with Crippen molar-refractivity contribution < 1.29 is 14.3 Å². The average Bonchev–Trinajstić information content (AvgIpc) is 3.39. The summed E-state index contributed by atoms with van der Waals surface area (Å²) in [6.45, 7) is 2.88. The highest BCUT2D eigenvalue weighted by Gasteiger charge is 2.25. The van der Waals surface area contributed by atoms with E-state index in [0.29, 0.717) is 70.2 Å². The minimum atomic E-state index is -0.327. The average molecular weight is 665 g/mol. The molecule has 2 aromatic carbocycles. The molecule has 1 amide bonds. The lowest BCUT2D eigenvalue weighted by Gasteiger charge is -2.21. The van der Waals surface area contributed by atoms with Crippen molar-refractivity contribution in [3.63, 3.8) is 0 Å². The molecule has 5 rings (SSSR count). The van der Waals surface area contributed by atoms with Crippen LogP contribution in [0.1, 0.15) is 40.4 Å². The van der Waals surface area contributed by atoms with Gasteiger partial charge in [0.05, 0.1) is 34.2 Å². The second kappa shape index (κ2) is 15.2. The molecule has 2 aromatic heterocycles. The molecule has 1 unspecified atom stereocenters. The van der Waals surface area contributed by atoms with Crippen molar-refractivity contribution in [2.24, 2.45) is 7.05 Å². The Hall–Kier alpha value is -3.80. The second-order valence-electron chi connectivity index (χ2n) is 11.4. The SMILES string of the molecule is CNC(CCC=O)CNCc1cnc(-c2cccc(-c3cccc(NC(=O)c4nc5c(n4C)CCN(C)C5)c3Cl)c2Cl)cc1OC. The molecule has 1 aliphatic heterocycles. The van der Waals surface area contributed by atoms with Gasteiger partial charge in [-0.2, -0.15) is 0 Å². The maximum Gasteiger partial charge on any atom is 0.291 e. The van der Waals surface area contributed by atoms with E-state index in [1.165, 1.54) is 0 Å². The molecule has 4 aromatic rings. The lowest BCUT2D eigenvalue weighted by atomic mass is 10.00. The monoisotopic (exact) mass is 663 g/mol. The Balaban J connectivity index is 1.36. The topological polar surface area (TPSA) is 113 Å². The Morgan fingerprint density at radius 3 is 2.59 bits per heavy atom. The summed E-state index contributed by atoms with van der Waals surface area (Å²) in [5, 5.41) is 10.4. The number of rotatable bonds is 13. The van der Waals surface area contributed by atoms with Gasteiger partial charge in [0.25, 0.3) is 5.91 Å². The first-order valence-corrected chi connectivity index (χ1v) is 16.0. The van der Waals surface area contributed by atoms with Crippen LogP contribution < -0.4 is 20.7 Å². The molecule has 1 atom stereocenters. The molecule has 0 spiro atoms. The lowest BCUT2D eigenvalue weighted by Crippen LogP contribution is -2.36. The summed E-state index contributed by atoms with van der Waals surface area (Å²) >= 11 is 13.9. The molecule has 10 nitrogen and oxygen atoms in total. The molecule has 3 N–H and O–H groups in total. The van der Waals surface area contributed by atoms with E-state index in [9.17, 15) is 9.59 Å². The Morgan fingerprint density at radius 1 is 1.11 bits per heavy atom. The van der Waals surface area contributed by atoms with E-state index in [1.54, 1.807) is 19.4 Å². The number of nitrogens with zero attached hydrogens (tertiary/aromatic N) is 4. The fourth-order valence-corrected chi connectivity index (χ4v) is 6.35. The van der Waals surface area contributed by atoms with Crippen LogP contribution in [0.25, 0.3) is 22.4 Å². The van der Waals surface area contributed by atoms with Crippen molar-refractivity contribution in [1.82, 2.24) is 30.1 Å². The molecule has 12 heteroatoms. The summed E-state index contributed by atoms with van der Waals surface area (Å²) in [4.78, 5) is 35.6. The highest BCUT2D eigenvalue weighted by molar-refractivity contribution is 6.39. The number of likely N-dealkylation sites (N-methyl/N-ethyl adjacent to an activating group) is 2. The number of hydrogen-bond acceptors (Lipinski definition) is 8. The highest BCUT2D eigenvalue weighted by atomic mass is 35.5. The largest absolute Gasteiger partial charge is 0.496 e. The van der Waals surface area contributed by atoms with Crippen molar-refractivity contribution >= 4 is 41.1 Å². The van der Waals surface area contributed by atoms with Gasteiger partial charge in [0.15, 0.2) is 5.82 Å². The van der Waals surface area contributed by atoms with E-state index < -0.39 is 0 Å². The number of anilines is 1. The van der Waals surface area contributed by atoms with Gasteiger partial charge in [-0.3, -0.25) is 9.78 Å². The van der Waals surface area contributed by atoms with Crippen LogP contribution in [0, 0.1) is 0 Å². The number of nitrogens with one attached hydrogen (secondary N) is 3. The quantitative estimate of drug-likeness (QED) is 0.164. The number of carbonyl (C=O) groups excluding carboxylic acids is 2. The minimum Gasteiger partial charge on any atom is -0.496 e. The number of imidazole rings is 1. The van der Waals surface area contributed by atoms with Gasteiger partial charge in [0.1, 0.15) is 12.0 Å². The molecule has 0 aliphatic carbocycles. The zero-order valence-corrected chi connectivity index (χ0v) is 28.0. The zero-order chi connectivity index (χ0) is 32.8. The van der Waals surface area contributed by atoms with Gasteiger partial charge in [-0.25, -0.2) is 4.98 Å². The van der Waals surface area contributed by atoms with Gasteiger partial charge in [-0.05, 0) is 26.6 Å². The molecular weight excluding hydrogens is 625 g/mol. The number of halogens is 2. The van der Waals surface area contributed by atoms with E-state index in [4.69, 9.17) is 32.9 Å². The van der Waals surface area contributed by atoms with Crippen molar-refractivity contribution in [1.29, 1.82) is 0 Å². The van der Waals surface area contributed by atoms with Crippen LogP contribution in [-0.2, 0) is 31.4 Å². The lowest BCUT2D eigenvalue weighted by molar-refractivity contribution is -0.108. The Bertz CT molecular complexity index is 1730. The van der Waals surface area contributed by atoms with Crippen molar-refractivity contribution in [3.8, 4) is 28.1 Å². The first kappa shape index (κ1) is 33.6. The minimum absolute atomic E-state index is 0.186. The van der Waals surface area contributed by atoms with Crippen molar-refractivity contribution in [3.05, 3.63) is 81.5 Å². The Kier molecular flexibility index (Phi) is 11.1. The van der Waals surface area contributed by atoms with Crippen LogP contribution in [0.3, 0.4) is 0 Å². The first-order valence-electron chi connectivity index (χ1n) is 15.2. The summed E-state index contributed by atoms with van der Waals surface area (Å²) in [5.74, 6) is 0.699. The highest BCUT2D eigenvalue weighted by Crippen LogP contribution is 2.41. The number of benzene rings is 2.